The summed E-state index contributed by atoms with van der Waals surface area (Å²) in [6, 6.07) is 38.1. The first-order valence-electron chi connectivity index (χ1n) is 46.8. The predicted molar refractivity (Wildman–Crippen MR) is 401 cm³/mol. The van der Waals surface area contributed by atoms with Gasteiger partial charge in [0.05, 0.1) is 0 Å². The highest BCUT2D eigenvalue weighted by Crippen LogP contribution is 2.31. The third-order valence-corrected chi connectivity index (χ3v) is 15.8. The lowest BCUT2D eigenvalue weighted by Gasteiger charge is -2.18. The van der Waals surface area contributed by atoms with Gasteiger partial charge < -0.3 is 0 Å². The zero-order valence-electron chi connectivity index (χ0n) is 89.8. The average Bonchev–Trinajstić information content (AvgIpc) is 0.488. The zero-order chi connectivity index (χ0) is 96.1. The minimum absolute atomic E-state index is 0.139. The van der Waals surface area contributed by atoms with Crippen molar-refractivity contribution in [1.82, 2.24) is 0 Å². The van der Waals surface area contributed by atoms with Crippen LogP contribution in [0.5, 0.6) is 0 Å². The van der Waals surface area contributed by atoms with Crippen LogP contribution in [0.15, 0.2) is 164 Å². The number of nitrogens with zero attached hydrogens (tertiary/aromatic N) is 5. The second-order valence-corrected chi connectivity index (χ2v) is 26.6. The van der Waals surface area contributed by atoms with Crippen molar-refractivity contribution in [1.29, 1.82) is 0 Å². The molecule has 0 fully saturated rings. The van der Waals surface area contributed by atoms with Gasteiger partial charge in [-0.15, -0.1) is 0 Å². The smallest absolute Gasteiger partial charge is 0.201 e. The van der Waals surface area contributed by atoms with Crippen molar-refractivity contribution in [3.63, 3.8) is 0 Å². The Morgan fingerprint density at radius 1 is 0.362 bits per heavy atom. The second kappa shape index (κ2) is 32.3. The Morgan fingerprint density at radius 3 is 1.22 bits per heavy atom. The summed E-state index contributed by atoms with van der Waals surface area (Å²) in [5.41, 5.74) is 17.3. The fourth-order valence-electron chi connectivity index (χ4n) is 11.1. The monoisotopic (exact) mass is 1290 g/mol. The molecule has 0 spiro atoms. The van der Waals surface area contributed by atoms with E-state index in [1.807, 2.05) is 147 Å². The van der Waals surface area contributed by atoms with Gasteiger partial charge in [0.1, 0.15) is 35.2 Å². The standard InChI is InChI=1S/2C19H26N.C18H24N.C17H22N.C16H20N/c1-14-7-9-17(15(2)11-14)18-10-8-16(13-20(18)6)12-19(3,4)5;1-14-7-8-17(15(2)11-14)18-12-16(9-10-20(18)6)13-19(3,4)5;1-12(2)16-9-15(5)17(10-14(16)4)18-8-7-13(3)11-19(18)6;1-6-15-9-14(4)16(10-13(15)3)17-8-7-12(2)11-18(17)5;1-11-6-7-16(17(5)10-11)15-9-13(3)12(2)8-14(15)4/h7-11,13H,12H2,1-6H3;7-12H,13H2,1-6H3;7-12H,1-6H3;7-11H,6H2,1-5H3;6-10H,1-5H3/q5*+1/i1D3,12D2;1D3,13D2;1D3,3D3,12D;1D3,2D3,6D2;1D3,2D3. The van der Waals surface area contributed by atoms with Crippen LogP contribution < -0.4 is 22.8 Å². The van der Waals surface area contributed by atoms with Gasteiger partial charge in [-0.05, 0) is 254 Å². The average molecular weight is 1290 g/mol. The first-order valence-corrected chi connectivity index (χ1v) is 31.3. The number of benzene rings is 5. The zero-order valence-corrected chi connectivity index (χ0v) is 58.8. The largest absolute Gasteiger partial charge is 0.212 e. The predicted octanol–water partition coefficient (Wildman–Crippen LogP) is 20.1. The molecular formula is C89H118N5+5. The Hall–Kier alpha value is -8.15. The Labute approximate surface area is 614 Å². The summed E-state index contributed by atoms with van der Waals surface area (Å²) in [4.78, 5) is 0. The van der Waals surface area contributed by atoms with Gasteiger partial charge in [0, 0.05) is 129 Å². The molecule has 0 saturated heterocycles. The Balaban J connectivity index is 0.000000242. The van der Waals surface area contributed by atoms with Gasteiger partial charge in [-0.3, -0.25) is 0 Å². The number of aryl methyl sites for hydroxylation is 20. The molecule has 10 rings (SSSR count). The van der Waals surface area contributed by atoms with Crippen LogP contribution in [-0.4, -0.2) is 0 Å². The van der Waals surface area contributed by atoms with E-state index in [1.54, 1.807) is 172 Å². The van der Waals surface area contributed by atoms with E-state index in [2.05, 4.69) is 0 Å². The normalized spacial score (nSPS) is 18.2. The maximum atomic E-state index is 8.50. The highest BCUT2D eigenvalue weighted by molar-refractivity contribution is 5.67. The quantitative estimate of drug-likeness (QED) is 0.128. The summed E-state index contributed by atoms with van der Waals surface area (Å²) in [5, 5.41) is 0. The minimum atomic E-state index is -2.77. The van der Waals surface area contributed by atoms with E-state index in [9.17, 15) is 0 Å². The van der Waals surface area contributed by atoms with Crippen LogP contribution >= 0.6 is 0 Å². The van der Waals surface area contributed by atoms with Gasteiger partial charge in [0.15, 0.2) is 31.0 Å². The summed E-state index contributed by atoms with van der Waals surface area (Å²) >= 11 is 0. The molecule has 5 heterocycles. The topological polar surface area (TPSA) is 19.4 Å². The Kier molecular flexibility index (Phi) is 14.3. The van der Waals surface area contributed by atoms with Crippen LogP contribution in [0.3, 0.4) is 0 Å². The maximum Gasteiger partial charge on any atom is 0.212 e. The molecular weight excluding hydrogens is 1140 g/mol. The number of pyridine rings is 5. The fourth-order valence-corrected chi connectivity index (χ4v) is 11.1. The van der Waals surface area contributed by atoms with E-state index in [0.717, 1.165) is 89.7 Å². The summed E-state index contributed by atoms with van der Waals surface area (Å²) in [6.45, 7) is 9.19. The van der Waals surface area contributed by atoms with E-state index in [-0.39, 0.29) is 22.3 Å². The molecule has 10 aromatic rings. The SMILES string of the molecule is [2H]C([2H])([2H])c1ccc(-c2cc(C([2H])([2H])C(C)(C)C)cc[n+]2C)c(C)c1.[2H]C([2H])([2H])c1ccc(-c2cc(C)c(C([2H])(C)C([2H])([2H])[2H])cc2C)[n+](C)c1.[2H]C([2H])([2H])c1ccc(-c2cc(C)c(C([2H])([2H])C([2H])([2H])[2H])cc2C)[n+](C)c1.[2H]C([2H])([2H])c1ccc(-c2cc(C)c(C([2H])([2H])[2H])cc2C)[n+](C)c1.[2H]C([2H])([2H])c1ccc(-c2ccc(C([2H])([2H])C(C)(C)C)c[n+]2C)c(C)c1. The van der Waals surface area contributed by atoms with E-state index in [4.69, 9.17) is 42.5 Å². The molecule has 5 nitrogen and oxygen atoms in total. The number of aromatic nitrogens is 5. The number of hydrogen-bond donors (Lipinski definition) is 0. The van der Waals surface area contributed by atoms with Crippen LogP contribution in [0.2, 0.25) is 0 Å². The first kappa shape index (κ1) is 41.6. The van der Waals surface area contributed by atoms with Crippen molar-refractivity contribution in [2.75, 3.05) is 0 Å². The lowest BCUT2D eigenvalue weighted by atomic mass is 9.88. The Morgan fingerprint density at radius 2 is 0.777 bits per heavy atom. The molecule has 5 aromatic heterocycles. The van der Waals surface area contributed by atoms with Crippen molar-refractivity contribution < 1.29 is 65.3 Å². The van der Waals surface area contributed by atoms with E-state index >= 15 is 0 Å². The van der Waals surface area contributed by atoms with Crippen LogP contribution in [0.4, 0.5) is 0 Å². The van der Waals surface area contributed by atoms with E-state index < -0.39 is 90.7 Å². The summed E-state index contributed by atoms with van der Waals surface area (Å²) in [7, 11) is 9.11. The van der Waals surface area contributed by atoms with Crippen molar-refractivity contribution in [3.05, 3.63) is 265 Å². The van der Waals surface area contributed by atoms with Crippen LogP contribution in [0.25, 0.3) is 56.3 Å². The van der Waals surface area contributed by atoms with Crippen LogP contribution in [-0.2, 0) is 54.4 Å². The van der Waals surface area contributed by atoms with Gasteiger partial charge in [-0.1, -0.05) is 116 Å². The van der Waals surface area contributed by atoms with Crippen molar-refractivity contribution in [2.45, 2.75) is 184 Å². The summed E-state index contributed by atoms with van der Waals surface area (Å²) < 4.78 is 248. The van der Waals surface area contributed by atoms with Gasteiger partial charge in [-0.25, -0.2) is 22.8 Å². The number of hydrogen-bond acceptors (Lipinski definition) is 0. The highest BCUT2D eigenvalue weighted by atomic mass is 14.9. The third kappa shape index (κ3) is 20.7. The molecule has 0 bridgehead atoms. The molecule has 0 amide bonds. The molecule has 0 aliphatic heterocycles. The van der Waals surface area contributed by atoms with Gasteiger partial charge in [0.2, 0.25) is 28.5 Å². The first-order chi connectivity index (χ1) is 56.2. The van der Waals surface area contributed by atoms with Crippen LogP contribution in [0, 0.1) is 107 Å². The van der Waals surface area contributed by atoms with E-state index in [0.29, 0.717) is 44.5 Å². The molecule has 1 unspecified atom stereocenters. The Bertz CT molecular complexity index is 5420. The molecule has 0 saturated carbocycles. The third-order valence-electron chi connectivity index (χ3n) is 15.8. The molecule has 94 heavy (non-hydrogen) atoms. The second-order valence-electron chi connectivity index (χ2n) is 26.6. The molecule has 494 valence electrons. The lowest BCUT2D eigenvalue weighted by molar-refractivity contribution is -0.661. The number of rotatable bonds is 9. The van der Waals surface area contributed by atoms with Crippen molar-refractivity contribution in [2.24, 2.45) is 46.1 Å². The van der Waals surface area contributed by atoms with E-state index in [1.165, 1.54) is 6.92 Å². The van der Waals surface area contributed by atoms with Crippen molar-refractivity contribution >= 4 is 0 Å². The summed E-state index contributed by atoms with van der Waals surface area (Å²) in [5.74, 6) is -1.70. The fraction of sp³-hybridized carbons (Fsp3) is 0.382. The molecule has 5 heteroatoms. The van der Waals surface area contributed by atoms with Crippen molar-refractivity contribution in [3.8, 4) is 56.3 Å². The molecule has 5 aromatic carbocycles. The molecule has 1 atom stereocenters. The molecule has 0 aliphatic carbocycles. The van der Waals surface area contributed by atoms with Gasteiger partial charge >= 0.3 is 0 Å². The van der Waals surface area contributed by atoms with Crippen LogP contribution in [0.1, 0.15) is 211 Å². The maximum absolute atomic E-state index is 8.50. The highest BCUT2D eigenvalue weighted by Gasteiger charge is 2.21. The molecule has 0 radical (unpaired) electrons. The molecule has 0 aliphatic rings. The van der Waals surface area contributed by atoms with Gasteiger partial charge in [0.25, 0.3) is 0 Å². The molecule has 0 N–H and O–H groups in total. The summed E-state index contributed by atoms with van der Waals surface area (Å²) in [6.07, 6.45) is 3.01. The lowest BCUT2D eigenvalue weighted by Crippen LogP contribution is -2.32. The van der Waals surface area contributed by atoms with Gasteiger partial charge in [-0.2, -0.15) is 0 Å². The minimum Gasteiger partial charge on any atom is -0.201 e.